The highest BCUT2D eigenvalue weighted by atomic mass is 19.1. The molecule has 0 saturated carbocycles. The van der Waals surface area contributed by atoms with Crippen LogP contribution in [0, 0.1) is 15.9 Å². The first-order valence-electron chi connectivity index (χ1n) is 4.91. The van der Waals surface area contributed by atoms with Gasteiger partial charge in [-0.1, -0.05) is 0 Å². The van der Waals surface area contributed by atoms with Crippen molar-refractivity contribution in [3.8, 4) is 11.5 Å². The third-order valence-electron chi connectivity index (χ3n) is 1.99. The predicted molar refractivity (Wildman–Crippen MR) is 60.1 cm³/mol. The molecule has 6 heteroatoms. The molecule has 0 saturated heterocycles. The third-order valence-corrected chi connectivity index (χ3v) is 1.99. The highest BCUT2D eigenvalue weighted by Crippen LogP contribution is 2.30. The highest BCUT2D eigenvalue weighted by Gasteiger charge is 2.13. The largest absolute Gasteiger partial charge is 0.496 e. The smallest absolute Gasteiger partial charge is 0.235 e. The van der Waals surface area contributed by atoms with Gasteiger partial charge in [-0.15, -0.1) is 0 Å². The molecule has 0 aliphatic rings. The number of methoxy groups -OCH3 is 1. The number of nitrogens with zero attached hydrogens (tertiary/aromatic N) is 1. The van der Waals surface area contributed by atoms with Crippen molar-refractivity contribution in [1.29, 1.82) is 0 Å². The summed E-state index contributed by atoms with van der Waals surface area (Å²) >= 11 is 0. The van der Waals surface area contributed by atoms with Crippen molar-refractivity contribution in [3.63, 3.8) is 0 Å². The van der Waals surface area contributed by atoms with Crippen molar-refractivity contribution < 1.29 is 18.8 Å². The Morgan fingerprint density at radius 1 is 1.47 bits per heavy atom. The Labute approximate surface area is 97.6 Å². The van der Waals surface area contributed by atoms with Crippen LogP contribution in [0.15, 0.2) is 18.3 Å². The van der Waals surface area contributed by atoms with Crippen LogP contribution in [0.1, 0.15) is 12.5 Å². The van der Waals surface area contributed by atoms with Gasteiger partial charge in [0.25, 0.3) is 0 Å². The lowest BCUT2D eigenvalue weighted by molar-refractivity contribution is -0.401. The molecule has 0 aliphatic heterocycles. The fourth-order valence-electron chi connectivity index (χ4n) is 1.29. The molecule has 0 heterocycles. The van der Waals surface area contributed by atoms with Gasteiger partial charge in [-0.05, 0) is 19.1 Å². The van der Waals surface area contributed by atoms with E-state index >= 15 is 0 Å². The summed E-state index contributed by atoms with van der Waals surface area (Å²) in [5.74, 6) is -0.426. The second-order valence-corrected chi connectivity index (χ2v) is 3.03. The molecule has 17 heavy (non-hydrogen) atoms. The van der Waals surface area contributed by atoms with E-state index in [2.05, 4.69) is 0 Å². The van der Waals surface area contributed by atoms with Gasteiger partial charge in [0, 0.05) is 6.08 Å². The summed E-state index contributed by atoms with van der Waals surface area (Å²) in [5, 5.41) is 10.2. The Bertz CT molecular complexity index is 445. The Balaban J connectivity index is 3.22. The molecule has 0 spiro atoms. The van der Waals surface area contributed by atoms with Crippen LogP contribution >= 0.6 is 0 Å². The maximum absolute atomic E-state index is 13.9. The van der Waals surface area contributed by atoms with Gasteiger partial charge in [-0.2, -0.15) is 0 Å². The van der Waals surface area contributed by atoms with Gasteiger partial charge in [0.2, 0.25) is 6.20 Å². The normalized spacial score (nSPS) is 10.5. The van der Waals surface area contributed by atoms with E-state index in [0.717, 1.165) is 6.08 Å². The summed E-state index contributed by atoms with van der Waals surface area (Å²) in [5.41, 5.74) is -0.00449. The molecule has 1 rings (SSSR count). The van der Waals surface area contributed by atoms with Crippen molar-refractivity contribution >= 4 is 6.08 Å². The molecule has 92 valence electrons. The molecule has 0 bridgehead atoms. The third kappa shape index (κ3) is 3.17. The summed E-state index contributed by atoms with van der Waals surface area (Å²) in [4.78, 5) is 9.54. The Morgan fingerprint density at radius 3 is 2.65 bits per heavy atom. The summed E-state index contributed by atoms with van der Waals surface area (Å²) in [6.45, 7) is 2.03. The minimum Gasteiger partial charge on any atom is -0.496 e. The first-order chi connectivity index (χ1) is 8.10. The van der Waals surface area contributed by atoms with Crippen LogP contribution in [-0.2, 0) is 0 Å². The van der Waals surface area contributed by atoms with E-state index in [4.69, 9.17) is 9.47 Å². The molecule has 0 amide bonds. The molecule has 0 radical (unpaired) electrons. The lowest BCUT2D eigenvalue weighted by Crippen LogP contribution is -1.98. The zero-order chi connectivity index (χ0) is 12.8. The van der Waals surface area contributed by atoms with Crippen molar-refractivity contribution in [1.82, 2.24) is 0 Å². The predicted octanol–water partition coefficient (Wildman–Crippen LogP) is 2.48. The maximum Gasteiger partial charge on any atom is 0.235 e. The van der Waals surface area contributed by atoms with Gasteiger partial charge >= 0.3 is 0 Å². The van der Waals surface area contributed by atoms with E-state index in [1.807, 2.05) is 0 Å². The molecule has 1 aromatic rings. The molecular formula is C11H12FNO4. The van der Waals surface area contributed by atoms with E-state index in [0.29, 0.717) is 12.8 Å². The van der Waals surface area contributed by atoms with E-state index < -0.39 is 10.7 Å². The minimum atomic E-state index is -0.677. The quantitative estimate of drug-likeness (QED) is 0.587. The molecule has 0 unspecified atom stereocenters. The van der Waals surface area contributed by atoms with E-state index in [9.17, 15) is 14.5 Å². The lowest BCUT2D eigenvalue weighted by Gasteiger charge is -2.09. The number of hydrogen-bond acceptors (Lipinski definition) is 4. The lowest BCUT2D eigenvalue weighted by atomic mass is 10.1. The number of benzene rings is 1. The molecule has 5 nitrogen and oxygen atoms in total. The van der Waals surface area contributed by atoms with Gasteiger partial charge in [0.05, 0.1) is 24.2 Å². The molecular weight excluding hydrogens is 229 g/mol. The first kappa shape index (κ1) is 13.0. The highest BCUT2D eigenvalue weighted by molar-refractivity contribution is 5.60. The zero-order valence-electron chi connectivity index (χ0n) is 9.47. The van der Waals surface area contributed by atoms with Crippen LogP contribution in [0.25, 0.3) is 6.08 Å². The van der Waals surface area contributed by atoms with Crippen LogP contribution in [0.2, 0.25) is 0 Å². The van der Waals surface area contributed by atoms with Crippen molar-refractivity contribution in [3.05, 3.63) is 39.8 Å². The molecule has 0 fully saturated rings. The van der Waals surface area contributed by atoms with E-state index in [1.54, 1.807) is 6.92 Å². The number of ether oxygens (including phenoxy) is 2. The fourth-order valence-corrected chi connectivity index (χ4v) is 1.29. The average Bonchev–Trinajstić information content (AvgIpc) is 2.30. The Morgan fingerprint density at radius 2 is 2.12 bits per heavy atom. The number of nitro groups is 1. The SMILES string of the molecule is CCOc1ccc(OC)c(/C=C/[N+](=O)[O-])c1F. The van der Waals surface area contributed by atoms with Gasteiger partial charge in [0.1, 0.15) is 5.75 Å². The summed E-state index contributed by atoms with van der Waals surface area (Å²) in [7, 11) is 1.36. The summed E-state index contributed by atoms with van der Waals surface area (Å²) in [6, 6.07) is 2.91. The number of rotatable bonds is 5. The molecule has 0 atom stereocenters. The van der Waals surface area contributed by atoms with Crippen LogP contribution in [0.4, 0.5) is 4.39 Å². The second-order valence-electron chi connectivity index (χ2n) is 3.03. The van der Waals surface area contributed by atoms with Crippen molar-refractivity contribution in [2.45, 2.75) is 6.92 Å². The summed E-state index contributed by atoms with van der Waals surface area (Å²) < 4.78 is 23.9. The molecule has 1 aromatic carbocycles. The van der Waals surface area contributed by atoms with Crippen molar-refractivity contribution in [2.24, 2.45) is 0 Å². The van der Waals surface area contributed by atoms with Gasteiger partial charge in [0.15, 0.2) is 11.6 Å². The van der Waals surface area contributed by atoms with Crippen LogP contribution < -0.4 is 9.47 Å². The zero-order valence-corrected chi connectivity index (χ0v) is 9.47. The minimum absolute atomic E-state index is 0.00449. The van der Waals surface area contributed by atoms with Gasteiger partial charge < -0.3 is 9.47 Å². The Kier molecular flexibility index (Phi) is 4.45. The molecule has 0 aromatic heterocycles. The molecule has 0 aliphatic carbocycles. The number of halogens is 1. The monoisotopic (exact) mass is 241 g/mol. The van der Waals surface area contributed by atoms with Gasteiger partial charge in [-0.25, -0.2) is 4.39 Å². The maximum atomic E-state index is 13.9. The van der Waals surface area contributed by atoms with Crippen LogP contribution in [0.5, 0.6) is 11.5 Å². The average molecular weight is 241 g/mol. The summed E-state index contributed by atoms with van der Waals surface area (Å²) in [6.07, 6.45) is 1.69. The topological polar surface area (TPSA) is 61.6 Å². The second kappa shape index (κ2) is 5.83. The fraction of sp³-hybridized carbons (Fsp3) is 0.273. The van der Waals surface area contributed by atoms with Crippen LogP contribution in [-0.4, -0.2) is 18.6 Å². The van der Waals surface area contributed by atoms with Crippen molar-refractivity contribution in [2.75, 3.05) is 13.7 Å². The number of hydrogen-bond donors (Lipinski definition) is 0. The van der Waals surface area contributed by atoms with E-state index in [-0.39, 0.29) is 17.1 Å². The first-order valence-corrected chi connectivity index (χ1v) is 4.91. The Hall–Kier alpha value is -2.11. The molecule has 0 N–H and O–H groups in total. The van der Waals surface area contributed by atoms with Gasteiger partial charge in [-0.3, -0.25) is 10.1 Å². The standard InChI is InChI=1S/C11H12FNO4/c1-3-17-10-5-4-9(16-2)8(11(10)12)6-7-13(14)15/h4-7H,3H2,1-2H3/b7-6+. The van der Waals surface area contributed by atoms with Crippen LogP contribution in [0.3, 0.4) is 0 Å². The van der Waals surface area contributed by atoms with E-state index in [1.165, 1.54) is 19.2 Å².